The molecule has 1 saturated heterocycles. The third kappa shape index (κ3) is 3.28. The van der Waals surface area contributed by atoms with Gasteiger partial charge in [0.25, 0.3) is 0 Å². The van der Waals surface area contributed by atoms with E-state index >= 15 is 0 Å². The molecule has 88 valence electrons. The van der Waals surface area contributed by atoms with Crippen molar-refractivity contribution in [2.24, 2.45) is 11.1 Å². The molecule has 0 aromatic carbocycles. The lowest BCUT2D eigenvalue weighted by molar-refractivity contribution is -0.126. The first kappa shape index (κ1) is 12.7. The van der Waals surface area contributed by atoms with Crippen molar-refractivity contribution in [3.63, 3.8) is 0 Å². The van der Waals surface area contributed by atoms with Crippen LogP contribution >= 0.6 is 0 Å². The van der Waals surface area contributed by atoms with Gasteiger partial charge in [-0.1, -0.05) is 20.3 Å². The van der Waals surface area contributed by atoms with Gasteiger partial charge >= 0.3 is 0 Å². The van der Waals surface area contributed by atoms with Gasteiger partial charge in [0, 0.05) is 24.5 Å². The van der Waals surface area contributed by atoms with Crippen molar-refractivity contribution in [2.75, 3.05) is 19.6 Å². The van der Waals surface area contributed by atoms with Gasteiger partial charge in [0.15, 0.2) is 0 Å². The predicted molar refractivity (Wildman–Crippen MR) is 62.7 cm³/mol. The van der Waals surface area contributed by atoms with E-state index in [4.69, 9.17) is 5.73 Å². The largest absolute Gasteiger partial charge is 0.329 e. The van der Waals surface area contributed by atoms with Crippen LogP contribution in [0, 0.1) is 5.41 Å². The Morgan fingerprint density at radius 2 is 2.13 bits per heavy atom. The summed E-state index contributed by atoms with van der Waals surface area (Å²) in [7, 11) is 0. The van der Waals surface area contributed by atoms with Crippen molar-refractivity contribution in [1.82, 2.24) is 4.90 Å². The standard InChI is InChI=1S/C12H24N2O/c1-10(15)12(2,3)9-14-7-5-4-6-11(14)8-13/h11H,4-9,13H2,1-3H3. The summed E-state index contributed by atoms with van der Waals surface area (Å²) in [6, 6.07) is 0.484. The van der Waals surface area contributed by atoms with Crippen LogP contribution in [0.1, 0.15) is 40.0 Å². The summed E-state index contributed by atoms with van der Waals surface area (Å²) in [6.07, 6.45) is 3.70. The second kappa shape index (κ2) is 5.08. The lowest BCUT2D eigenvalue weighted by Gasteiger charge is -2.39. The van der Waals surface area contributed by atoms with Crippen LogP contribution in [0.25, 0.3) is 0 Å². The van der Waals surface area contributed by atoms with Gasteiger partial charge in [-0.3, -0.25) is 9.69 Å². The van der Waals surface area contributed by atoms with Gasteiger partial charge in [-0.25, -0.2) is 0 Å². The van der Waals surface area contributed by atoms with E-state index in [1.807, 2.05) is 13.8 Å². The van der Waals surface area contributed by atoms with Gasteiger partial charge < -0.3 is 5.73 Å². The van der Waals surface area contributed by atoms with Crippen molar-refractivity contribution in [3.05, 3.63) is 0 Å². The van der Waals surface area contributed by atoms with Gasteiger partial charge in [0.05, 0.1) is 0 Å². The maximum atomic E-state index is 11.5. The Hall–Kier alpha value is -0.410. The quantitative estimate of drug-likeness (QED) is 0.766. The topological polar surface area (TPSA) is 46.3 Å². The monoisotopic (exact) mass is 212 g/mol. The van der Waals surface area contributed by atoms with Crippen LogP contribution in [0.15, 0.2) is 0 Å². The number of carbonyl (C=O) groups excluding carboxylic acids is 1. The molecule has 2 N–H and O–H groups in total. The summed E-state index contributed by atoms with van der Waals surface area (Å²) in [5.41, 5.74) is 5.53. The van der Waals surface area contributed by atoms with E-state index in [9.17, 15) is 4.79 Å². The second-order valence-electron chi connectivity index (χ2n) is 5.30. The number of nitrogens with zero attached hydrogens (tertiary/aromatic N) is 1. The van der Waals surface area contributed by atoms with Crippen molar-refractivity contribution < 1.29 is 4.79 Å². The summed E-state index contributed by atoms with van der Waals surface area (Å²) in [4.78, 5) is 13.9. The molecular formula is C12H24N2O. The van der Waals surface area contributed by atoms with E-state index in [2.05, 4.69) is 4.90 Å². The highest BCUT2D eigenvalue weighted by molar-refractivity contribution is 5.81. The highest BCUT2D eigenvalue weighted by Crippen LogP contribution is 2.24. The van der Waals surface area contributed by atoms with Crippen LogP contribution in [0.5, 0.6) is 0 Å². The molecule has 1 unspecified atom stereocenters. The molecule has 1 fully saturated rings. The molecule has 0 saturated carbocycles. The smallest absolute Gasteiger partial charge is 0.136 e. The molecule has 0 spiro atoms. The molecule has 3 heteroatoms. The molecule has 0 amide bonds. The maximum absolute atomic E-state index is 11.5. The van der Waals surface area contributed by atoms with Crippen molar-refractivity contribution in [2.45, 2.75) is 46.1 Å². The Morgan fingerprint density at radius 3 is 2.67 bits per heavy atom. The SMILES string of the molecule is CC(=O)C(C)(C)CN1CCCCC1CN. The molecule has 1 aliphatic heterocycles. The Labute approximate surface area is 93.0 Å². The van der Waals surface area contributed by atoms with E-state index in [1.165, 1.54) is 19.3 Å². The minimum absolute atomic E-state index is 0.231. The van der Waals surface area contributed by atoms with Gasteiger partial charge in [-0.2, -0.15) is 0 Å². The second-order valence-corrected chi connectivity index (χ2v) is 5.30. The molecule has 1 aliphatic rings. The van der Waals surface area contributed by atoms with E-state index in [0.29, 0.717) is 12.6 Å². The van der Waals surface area contributed by atoms with Gasteiger partial charge in [0.2, 0.25) is 0 Å². The number of piperidine rings is 1. The number of rotatable bonds is 4. The predicted octanol–water partition coefficient (Wildman–Crippen LogP) is 1.41. The first-order valence-corrected chi connectivity index (χ1v) is 5.92. The molecule has 0 aromatic heterocycles. The third-order valence-electron chi connectivity index (χ3n) is 3.57. The van der Waals surface area contributed by atoms with E-state index in [-0.39, 0.29) is 11.2 Å². The molecule has 15 heavy (non-hydrogen) atoms. The molecule has 1 heterocycles. The number of ketones is 1. The number of hydrogen-bond donors (Lipinski definition) is 1. The van der Waals surface area contributed by atoms with Crippen LogP contribution in [0.4, 0.5) is 0 Å². The lowest BCUT2D eigenvalue weighted by atomic mass is 9.86. The van der Waals surface area contributed by atoms with Crippen molar-refractivity contribution in [1.29, 1.82) is 0 Å². The first-order chi connectivity index (χ1) is 6.97. The average Bonchev–Trinajstić information content (AvgIpc) is 2.18. The summed E-state index contributed by atoms with van der Waals surface area (Å²) in [5, 5.41) is 0. The molecule has 1 rings (SSSR count). The average molecular weight is 212 g/mol. The van der Waals surface area contributed by atoms with Gasteiger partial charge in [-0.15, -0.1) is 0 Å². The van der Waals surface area contributed by atoms with Crippen LogP contribution < -0.4 is 5.73 Å². The fourth-order valence-electron chi connectivity index (χ4n) is 2.15. The summed E-state index contributed by atoms with van der Waals surface area (Å²) >= 11 is 0. The molecule has 3 nitrogen and oxygen atoms in total. The number of hydrogen-bond acceptors (Lipinski definition) is 3. The molecular weight excluding hydrogens is 188 g/mol. The zero-order valence-electron chi connectivity index (χ0n) is 10.3. The van der Waals surface area contributed by atoms with Crippen LogP contribution in [0.2, 0.25) is 0 Å². The lowest BCUT2D eigenvalue weighted by Crippen LogP contribution is -2.49. The first-order valence-electron chi connectivity index (χ1n) is 5.92. The Bertz CT molecular complexity index is 226. The van der Waals surface area contributed by atoms with Crippen molar-refractivity contribution >= 4 is 5.78 Å². The number of Topliss-reactive ketones (excluding diaryl/α,β-unsaturated/α-hetero) is 1. The Balaban J connectivity index is 2.58. The van der Waals surface area contributed by atoms with Crippen LogP contribution in [-0.4, -0.2) is 36.4 Å². The van der Waals surface area contributed by atoms with Crippen LogP contribution in [0.3, 0.4) is 0 Å². The fourth-order valence-corrected chi connectivity index (χ4v) is 2.15. The third-order valence-corrected chi connectivity index (χ3v) is 3.57. The highest BCUT2D eigenvalue weighted by Gasteiger charge is 2.30. The van der Waals surface area contributed by atoms with Gasteiger partial charge in [-0.05, 0) is 26.3 Å². The number of carbonyl (C=O) groups is 1. The summed E-state index contributed by atoms with van der Waals surface area (Å²) < 4.78 is 0. The molecule has 0 radical (unpaired) electrons. The van der Waals surface area contributed by atoms with Crippen LogP contribution in [-0.2, 0) is 4.79 Å². The summed E-state index contributed by atoms with van der Waals surface area (Å²) in [5.74, 6) is 0.267. The normalized spacial score (nSPS) is 24.1. The molecule has 0 bridgehead atoms. The fraction of sp³-hybridized carbons (Fsp3) is 0.917. The zero-order valence-corrected chi connectivity index (χ0v) is 10.3. The molecule has 0 aliphatic carbocycles. The minimum atomic E-state index is -0.231. The minimum Gasteiger partial charge on any atom is -0.329 e. The molecule has 1 atom stereocenters. The Morgan fingerprint density at radius 1 is 1.47 bits per heavy atom. The van der Waals surface area contributed by atoms with E-state index in [0.717, 1.165) is 13.1 Å². The van der Waals surface area contributed by atoms with Crippen molar-refractivity contribution in [3.8, 4) is 0 Å². The zero-order chi connectivity index (χ0) is 11.5. The number of nitrogens with two attached hydrogens (primary N) is 1. The van der Waals surface area contributed by atoms with E-state index in [1.54, 1.807) is 6.92 Å². The number of likely N-dealkylation sites (tertiary alicyclic amines) is 1. The maximum Gasteiger partial charge on any atom is 0.136 e. The summed E-state index contributed by atoms with van der Waals surface area (Å²) in [6.45, 7) is 8.40. The van der Waals surface area contributed by atoms with Gasteiger partial charge in [0.1, 0.15) is 5.78 Å². The Kier molecular flexibility index (Phi) is 4.29. The molecule has 0 aromatic rings. The highest BCUT2D eigenvalue weighted by atomic mass is 16.1. The van der Waals surface area contributed by atoms with E-state index < -0.39 is 0 Å².